The fourth-order valence-corrected chi connectivity index (χ4v) is 2.44. The van der Waals surface area contributed by atoms with Gasteiger partial charge in [0.2, 0.25) is 5.91 Å². The van der Waals surface area contributed by atoms with Crippen LogP contribution >= 0.6 is 11.3 Å². The minimum absolute atomic E-state index is 0.0212. The Bertz CT molecular complexity index is 338. The number of rotatable bonds is 3. The normalized spacial score (nSPS) is 23.5. The molecule has 1 aliphatic heterocycles. The first-order chi connectivity index (χ1) is 7.18. The van der Waals surface area contributed by atoms with Gasteiger partial charge in [0.15, 0.2) is 0 Å². The number of carbonyl (C=O) groups excluding carboxylic acids is 1. The van der Waals surface area contributed by atoms with Crippen molar-refractivity contribution in [3.05, 3.63) is 16.6 Å². The number of thiazole rings is 1. The maximum Gasteiger partial charge on any atom is 0.239 e. The van der Waals surface area contributed by atoms with Gasteiger partial charge in [0, 0.05) is 30.7 Å². The highest BCUT2D eigenvalue weighted by Crippen LogP contribution is 2.19. The van der Waals surface area contributed by atoms with E-state index in [1.165, 1.54) is 4.88 Å². The Hall–Kier alpha value is -0.940. The molecule has 1 fully saturated rings. The van der Waals surface area contributed by atoms with E-state index in [0.29, 0.717) is 0 Å². The third-order valence-corrected chi connectivity index (χ3v) is 3.72. The average molecular weight is 225 g/mol. The van der Waals surface area contributed by atoms with Crippen LogP contribution in [-0.2, 0) is 4.79 Å². The van der Waals surface area contributed by atoms with Crippen LogP contribution in [0.3, 0.4) is 0 Å². The van der Waals surface area contributed by atoms with E-state index in [2.05, 4.69) is 17.2 Å². The largest absolute Gasteiger partial charge is 0.344 e. The van der Waals surface area contributed by atoms with Crippen LogP contribution < -0.4 is 5.32 Å². The van der Waals surface area contributed by atoms with Gasteiger partial charge in [0.25, 0.3) is 0 Å². The second-order valence-corrected chi connectivity index (χ2v) is 4.81. The molecule has 1 aromatic rings. The molecule has 0 radical (unpaired) electrons. The van der Waals surface area contributed by atoms with E-state index >= 15 is 0 Å². The molecule has 0 bridgehead atoms. The van der Waals surface area contributed by atoms with Gasteiger partial charge in [-0.25, -0.2) is 0 Å². The Balaban J connectivity index is 1.95. The Morgan fingerprint density at radius 3 is 3.07 bits per heavy atom. The smallest absolute Gasteiger partial charge is 0.239 e. The van der Waals surface area contributed by atoms with Crippen molar-refractivity contribution in [1.82, 2.24) is 15.2 Å². The van der Waals surface area contributed by atoms with Crippen molar-refractivity contribution in [3.8, 4) is 0 Å². The summed E-state index contributed by atoms with van der Waals surface area (Å²) in [5.41, 5.74) is 1.82. The minimum Gasteiger partial charge on any atom is -0.344 e. The van der Waals surface area contributed by atoms with Crippen molar-refractivity contribution < 1.29 is 4.79 Å². The summed E-state index contributed by atoms with van der Waals surface area (Å²) in [4.78, 5) is 18.6. The first-order valence-corrected chi connectivity index (χ1v) is 5.96. The highest BCUT2D eigenvalue weighted by Gasteiger charge is 2.30. The van der Waals surface area contributed by atoms with Gasteiger partial charge in [-0.2, -0.15) is 0 Å². The second-order valence-electron chi connectivity index (χ2n) is 3.89. The Morgan fingerprint density at radius 1 is 1.73 bits per heavy atom. The van der Waals surface area contributed by atoms with E-state index in [4.69, 9.17) is 0 Å². The quantitative estimate of drug-likeness (QED) is 0.835. The maximum absolute atomic E-state index is 11.7. The second kappa shape index (κ2) is 4.28. The number of likely N-dealkylation sites (tertiary alicyclic amines) is 1. The van der Waals surface area contributed by atoms with Gasteiger partial charge in [0.1, 0.15) is 0 Å². The predicted octanol–water partition coefficient (Wildman–Crippen LogP) is 1.02. The molecule has 82 valence electrons. The van der Waals surface area contributed by atoms with Gasteiger partial charge in [0.05, 0.1) is 11.6 Å². The lowest BCUT2D eigenvalue weighted by Gasteiger charge is -2.16. The number of nitrogens with one attached hydrogen (secondary N) is 1. The molecule has 1 saturated heterocycles. The molecule has 0 saturated carbocycles. The first-order valence-electron chi connectivity index (χ1n) is 5.08. The molecule has 2 unspecified atom stereocenters. The van der Waals surface area contributed by atoms with Crippen molar-refractivity contribution in [3.63, 3.8) is 0 Å². The van der Waals surface area contributed by atoms with E-state index in [9.17, 15) is 4.79 Å². The molecule has 0 spiro atoms. The lowest BCUT2D eigenvalue weighted by molar-refractivity contribution is -0.128. The monoisotopic (exact) mass is 225 g/mol. The van der Waals surface area contributed by atoms with Crippen LogP contribution in [0.4, 0.5) is 0 Å². The third kappa shape index (κ3) is 2.18. The Kier molecular flexibility index (Phi) is 3.02. The van der Waals surface area contributed by atoms with E-state index in [0.717, 1.165) is 13.0 Å². The summed E-state index contributed by atoms with van der Waals surface area (Å²) in [6.07, 6.45) is 2.75. The van der Waals surface area contributed by atoms with E-state index in [1.54, 1.807) is 16.2 Å². The van der Waals surface area contributed by atoms with E-state index in [-0.39, 0.29) is 18.0 Å². The van der Waals surface area contributed by atoms with Gasteiger partial charge in [-0.15, -0.1) is 11.3 Å². The van der Waals surface area contributed by atoms with Gasteiger partial charge in [-0.1, -0.05) is 0 Å². The highest BCUT2D eigenvalue weighted by molar-refractivity contribution is 7.09. The standard InChI is InChI=1S/C10H15N3OS/c1-7(9-5-11-6-15-9)12-8-3-4-13(2)10(8)14/h5-8,12H,3-4H2,1-2H3. The summed E-state index contributed by atoms with van der Waals surface area (Å²) < 4.78 is 0. The van der Waals surface area contributed by atoms with E-state index < -0.39 is 0 Å². The van der Waals surface area contributed by atoms with Crippen LogP contribution in [0.5, 0.6) is 0 Å². The van der Waals surface area contributed by atoms with Crippen molar-refractivity contribution in [2.75, 3.05) is 13.6 Å². The maximum atomic E-state index is 11.7. The average Bonchev–Trinajstić information content (AvgIpc) is 2.83. The van der Waals surface area contributed by atoms with Crippen LogP contribution in [0.2, 0.25) is 0 Å². The fraction of sp³-hybridized carbons (Fsp3) is 0.600. The summed E-state index contributed by atoms with van der Waals surface area (Å²) in [7, 11) is 1.85. The van der Waals surface area contributed by atoms with Crippen LogP contribution in [0, 0.1) is 0 Å². The SMILES string of the molecule is CC(NC1CCN(C)C1=O)c1cncs1. The van der Waals surface area contributed by atoms with Crippen molar-refractivity contribution in [2.24, 2.45) is 0 Å². The molecular formula is C10H15N3OS. The molecule has 1 N–H and O–H groups in total. The third-order valence-electron chi connectivity index (χ3n) is 2.76. The van der Waals surface area contributed by atoms with Gasteiger partial charge >= 0.3 is 0 Å². The molecular weight excluding hydrogens is 210 g/mol. The van der Waals surface area contributed by atoms with Crippen LogP contribution in [0.15, 0.2) is 11.7 Å². The van der Waals surface area contributed by atoms with Crippen molar-refractivity contribution in [2.45, 2.75) is 25.4 Å². The molecule has 15 heavy (non-hydrogen) atoms. The van der Waals surface area contributed by atoms with Crippen LogP contribution in [0.1, 0.15) is 24.3 Å². The molecule has 5 heteroatoms. The molecule has 2 heterocycles. The highest BCUT2D eigenvalue weighted by atomic mass is 32.1. The number of carbonyl (C=O) groups is 1. The summed E-state index contributed by atoms with van der Waals surface area (Å²) >= 11 is 1.62. The van der Waals surface area contributed by atoms with Crippen molar-refractivity contribution >= 4 is 17.2 Å². The molecule has 1 aromatic heterocycles. The molecule has 0 aromatic carbocycles. The molecule has 4 nitrogen and oxygen atoms in total. The number of nitrogens with zero attached hydrogens (tertiary/aromatic N) is 2. The number of aromatic nitrogens is 1. The van der Waals surface area contributed by atoms with Gasteiger partial charge in [-0.05, 0) is 13.3 Å². The Morgan fingerprint density at radius 2 is 2.53 bits per heavy atom. The number of hydrogen-bond donors (Lipinski definition) is 1. The lowest BCUT2D eigenvalue weighted by Crippen LogP contribution is -2.38. The topological polar surface area (TPSA) is 45.2 Å². The number of likely N-dealkylation sites (N-methyl/N-ethyl adjacent to an activating group) is 1. The summed E-state index contributed by atoms with van der Waals surface area (Å²) in [6, 6.07) is 0.185. The first kappa shape index (κ1) is 10.6. The summed E-state index contributed by atoms with van der Waals surface area (Å²) in [6.45, 7) is 2.92. The minimum atomic E-state index is -0.0212. The molecule has 2 rings (SSSR count). The van der Waals surface area contributed by atoms with Crippen molar-refractivity contribution in [1.29, 1.82) is 0 Å². The molecule has 0 aliphatic carbocycles. The van der Waals surface area contributed by atoms with Crippen LogP contribution in [-0.4, -0.2) is 35.4 Å². The van der Waals surface area contributed by atoms with Crippen LogP contribution in [0.25, 0.3) is 0 Å². The van der Waals surface area contributed by atoms with Gasteiger partial charge in [-0.3, -0.25) is 15.1 Å². The fourth-order valence-electron chi connectivity index (χ4n) is 1.80. The zero-order chi connectivity index (χ0) is 10.8. The molecule has 1 aliphatic rings. The zero-order valence-electron chi connectivity index (χ0n) is 8.93. The zero-order valence-corrected chi connectivity index (χ0v) is 9.75. The Labute approximate surface area is 93.3 Å². The lowest BCUT2D eigenvalue weighted by atomic mass is 10.2. The number of amides is 1. The molecule has 2 atom stereocenters. The molecule has 1 amide bonds. The van der Waals surface area contributed by atoms with Gasteiger partial charge < -0.3 is 4.90 Å². The predicted molar refractivity (Wildman–Crippen MR) is 59.7 cm³/mol. The summed E-state index contributed by atoms with van der Waals surface area (Å²) in [5, 5.41) is 3.34. The summed E-state index contributed by atoms with van der Waals surface area (Å²) in [5.74, 6) is 0.200. The number of hydrogen-bond acceptors (Lipinski definition) is 4. The van der Waals surface area contributed by atoms with E-state index in [1.807, 2.05) is 18.8 Å².